The highest BCUT2D eigenvalue weighted by atomic mass is 16.5. The van der Waals surface area contributed by atoms with Crippen molar-refractivity contribution in [2.45, 2.75) is 25.7 Å². The van der Waals surface area contributed by atoms with Gasteiger partial charge in [0.2, 0.25) is 5.88 Å². The minimum absolute atomic E-state index is 0.265. The Kier molecular flexibility index (Phi) is 4.26. The first kappa shape index (κ1) is 11.8. The van der Waals surface area contributed by atoms with Gasteiger partial charge in [-0.1, -0.05) is 6.42 Å². The minimum Gasteiger partial charge on any atom is -0.476 e. The number of unbranched alkanes of at least 4 members (excludes halogenated alkanes) is 3. The fourth-order valence-electron chi connectivity index (χ4n) is 1.58. The summed E-state index contributed by atoms with van der Waals surface area (Å²) in [5.74, 6) is 0.526. The van der Waals surface area contributed by atoms with Crippen molar-refractivity contribution in [3.8, 4) is 5.88 Å². The standard InChI is InChI=1S/C11H16N4O2/c16-5-3-1-2-4-6-17-11-9-10(13-7-12-9)14-8-15-11/h7-8,16H,1-6H2,(H,12,13,14,15). The average Bonchev–Trinajstić information content (AvgIpc) is 2.82. The average molecular weight is 236 g/mol. The molecule has 0 radical (unpaired) electrons. The number of rotatable bonds is 7. The van der Waals surface area contributed by atoms with Gasteiger partial charge < -0.3 is 14.8 Å². The van der Waals surface area contributed by atoms with Crippen molar-refractivity contribution >= 4 is 11.2 Å². The molecule has 2 aromatic rings. The van der Waals surface area contributed by atoms with Crippen molar-refractivity contribution in [3.05, 3.63) is 12.7 Å². The number of fused-ring (bicyclic) bond motifs is 1. The maximum Gasteiger partial charge on any atom is 0.245 e. The second-order valence-corrected chi connectivity index (χ2v) is 3.76. The largest absolute Gasteiger partial charge is 0.476 e. The number of imidazole rings is 1. The van der Waals surface area contributed by atoms with Gasteiger partial charge >= 0.3 is 0 Å². The van der Waals surface area contributed by atoms with Crippen LogP contribution in [0.3, 0.4) is 0 Å². The molecule has 0 fully saturated rings. The molecule has 6 heteroatoms. The third kappa shape index (κ3) is 3.13. The van der Waals surface area contributed by atoms with Crippen LogP contribution in [0.4, 0.5) is 0 Å². The molecule has 2 rings (SSSR count). The van der Waals surface area contributed by atoms with Gasteiger partial charge in [0.25, 0.3) is 0 Å². The van der Waals surface area contributed by atoms with E-state index >= 15 is 0 Å². The van der Waals surface area contributed by atoms with Crippen LogP contribution in [0.25, 0.3) is 11.2 Å². The SMILES string of the molecule is OCCCCCCOc1ncnc2[nH]cnc12. The Morgan fingerprint density at radius 1 is 1.12 bits per heavy atom. The molecule has 0 unspecified atom stereocenters. The molecule has 2 aromatic heterocycles. The van der Waals surface area contributed by atoms with Crippen LogP contribution in [0.1, 0.15) is 25.7 Å². The van der Waals surface area contributed by atoms with Gasteiger partial charge in [0.15, 0.2) is 11.2 Å². The van der Waals surface area contributed by atoms with Crippen molar-refractivity contribution in [1.82, 2.24) is 19.9 Å². The van der Waals surface area contributed by atoms with Gasteiger partial charge in [-0.25, -0.2) is 9.97 Å². The highest BCUT2D eigenvalue weighted by Crippen LogP contribution is 2.17. The molecule has 17 heavy (non-hydrogen) atoms. The fourth-order valence-corrected chi connectivity index (χ4v) is 1.58. The van der Waals surface area contributed by atoms with Crippen molar-refractivity contribution in [1.29, 1.82) is 0 Å². The number of aromatic amines is 1. The summed E-state index contributed by atoms with van der Waals surface area (Å²) in [6, 6.07) is 0. The number of hydrogen-bond acceptors (Lipinski definition) is 5. The molecule has 0 saturated heterocycles. The van der Waals surface area contributed by atoms with Gasteiger partial charge in [-0.2, -0.15) is 4.98 Å². The first-order valence-corrected chi connectivity index (χ1v) is 5.79. The Morgan fingerprint density at radius 2 is 2.00 bits per heavy atom. The molecule has 0 saturated carbocycles. The van der Waals surface area contributed by atoms with E-state index in [9.17, 15) is 0 Å². The summed E-state index contributed by atoms with van der Waals surface area (Å²) >= 11 is 0. The normalized spacial score (nSPS) is 10.9. The molecular formula is C11H16N4O2. The molecule has 92 valence electrons. The predicted molar refractivity (Wildman–Crippen MR) is 62.7 cm³/mol. The lowest BCUT2D eigenvalue weighted by Gasteiger charge is -2.04. The number of aliphatic hydroxyl groups excluding tert-OH is 1. The van der Waals surface area contributed by atoms with Gasteiger partial charge in [0.05, 0.1) is 12.9 Å². The number of aromatic nitrogens is 4. The Labute approximate surface area is 99.1 Å². The first-order chi connectivity index (χ1) is 8.42. The van der Waals surface area contributed by atoms with Crippen LogP contribution in [0.5, 0.6) is 5.88 Å². The van der Waals surface area contributed by atoms with Crippen LogP contribution in [-0.4, -0.2) is 38.3 Å². The summed E-state index contributed by atoms with van der Waals surface area (Å²) in [7, 11) is 0. The fraction of sp³-hybridized carbons (Fsp3) is 0.545. The van der Waals surface area contributed by atoms with Crippen LogP contribution in [0.2, 0.25) is 0 Å². The lowest BCUT2D eigenvalue weighted by atomic mass is 10.2. The van der Waals surface area contributed by atoms with E-state index in [4.69, 9.17) is 9.84 Å². The van der Waals surface area contributed by atoms with Crippen LogP contribution in [0.15, 0.2) is 12.7 Å². The summed E-state index contributed by atoms with van der Waals surface area (Å²) < 4.78 is 5.56. The topological polar surface area (TPSA) is 83.9 Å². The summed E-state index contributed by atoms with van der Waals surface area (Å²) in [4.78, 5) is 15.1. The molecule has 0 atom stereocenters. The van der Waals surface area contributed by atoms with Crippen molar-refractivity contribution in [2.24, 2.45) is 0 Å². The summed E-state index contributed by atoms with van der Waals surface area (Å²) in [5, 5.41) is 8.64. The second-order valence-electron chi connectivity index (χ2n) is 3.76. The van der Waals surface area contributed by atoms with Crippen LogP contribution in [0, 0.1) is 0 Å². The molecule has 2 heterocycles. The molecule has 0 aliphatic rings. The molecule has 0 aromatic carbocycles. The van der Waals surface area contributed by atoms with Crippen molar-refractivity contribution in [3.63, 3.8) is 0 Å². The quantitative estimate of drug-likeness (QED) is 0.707. The predicted octanol–water partition coefficient (Wildman–Crippen LogP) is 1.28. The van der Waals surface area contributed by atoms with Gasteiger partial charge in [0.1, 0.15) is 6.33 Å². The van der Waals surface area contributed by atoms with E-state index in [2.05, 4.69) is 19.9 Å². The Hall–Kier alpha value is -1.69. The Morgan fingerprint density at radius 3 is 2.88 bits per heavy atom. The molecular weight excluding hydrogens is 220 g/mol. The van der Waals surface area contributed by atoms with E-state index in [0.29, 0.717) is 23.7 Å². The minimum atomic E-state index is 0.265. The highest BCUT2D eigenvalue weighted by Gasteiger charge is 2.06. The third-order valence-corrected chi connectivity index (χ3v) is 2.47. The van der Waals surface area contributed by atoms with Gasteiger partial charge in [-0.3, -0.25) is 0 Å². The van der Waals surface area contributed by atoms with Gasteiger partial charge in [-0.05, 0) is 19.3 Å². The van der Waals surface area contributed by atoms with E-state index in [1.54, 1.807) is 6.33 Å². The Balaban J connectivity index is 1.80. The second kappa shape index (κ2) is 6.15. The molecule has 0 spiro atoms. The molecule has 0 aliphatic heterocycles. The van der Waals surface area contributed by atoms with Gasteiger partial charge in [-0.15, -0.1) is 0 Å². The smallest absolute Gasteiger partial charge is 0.245 e. The summed E-state index contributed by atoms with van der Waals surface area (Å²) in [6.07, 6.45) is 6.93. The maximum absolute atomic E-state index is 8.64. The summed E-state index contributed by atoms with van der Waals surface area (Å²) in [5.41, 5.74) is 1.36. The molecule has 6 nitrogen and oxygen atoms in total. The number of H-pyrrole nitrogens is 1. The van der Waals surface area contributed by atoms with Crippen molar-refractivity contribution < 1.29 is 9.84 Å². The summed E-state index contributed by atoms with van der Waals surface area (Å²) in [6.45, 7) is 0.880. The van der Waals surface area contributed by atoms with E-state index in [0.717, 1.165) is 25.7 Å². The molecule has 0 amide bonds. The van der Waals surface area contributed by atoms with E-state index in [1.807, 2.05) is 0 Å². The zero-order chi connectivity index (χ0) is 11.9. The number of nitrogens with zero attached hydrogens (tertiary/aromatic N) is 3. The number of hydrogen-bond donors (Lipinski definition) is 2. The van der Waals surface area contributed by atoms with Crippen molar-refractivity contribution in [2.75, 3.05) is 13.2 Å². The zero-order valence-corrected chi connectivity index (χ0v) is 9.59. The first-order valence-electron chi connectivity index (χ1n) is 5.79. The lowest BCUT2D eigenvalue weighted by molar-refractivity contribution is 0.271. The maximum atomic E-state index is 8.64. The van der Waals surface area contributed by atoms with E-state index < -0.39 is 0 Å². The number of aliphatic hydroxyl groups is 1. The zero-order valence-electron chi connectivity index (χ0n) is 9.59. The lowest BCUT2D eigenvalue weighted by Crippen LogP contribution is -2.00. The molecule has 0 bridgehead atoms. The highest BCUT2D eigenvalue weighted by molar-refractivity contribution is 5.74. The van der Waals surface area contributed by atoms with Crippen LogP contribution >= 0.6 is 0 Å². The van der Waals surface area contributed by atoms with Crippen LogP contribution < -0.4 is 4.74 Å². The van der Waals surface area contributed by atoms with E-state index in [1.165, 1.54) is 6.33 Å². The molecule has 2 N–H and O–H groups in total. The molecule has 0 aliphatic carbocycles. The van der Waals surface area contributed by atoms with E-state index in [-0.39, 0.29) is 6.61 Å². The number of ether oxygens (including phenoxy) is 1. The Bertz CT molecular complexity index is 457. The third-order valence-electron chi connectivity index (χ3n) is 2.47. The van der Waals surface area contributed by atoms with Gasteiger partial charge in [0, 0.05) is 6.61 Å². The monoisotopic (exact) mass is 236 g/mol. The van der Waals surface area contributed by atoms with Crippen LogP contribution in [-0.2, 0) is 0 Å². The number of nitrogens with one attached hydrogen (secondary N) is 1.